The molecule has 5 heteroatoms. The van der Waals surface area contributed by atoms with Gasteiger partial charge in [0.15, 0.2) is 0 Å². The maximum absolute atomic E-state index is 5.47. The second kappa shape index (κ2) is 5.33. The zero-order valence-corrected chi connectivity index (χ0v) is 9.73. The molecule has 0 spiro atoms. The molecule has 4 nitrogen and oxygen atoms in total. The fourth-order valence-electron chi connectivity index (χ4n) is 1.02. The van der Waals surface area contributed by atoms with E-state index in [2.05, 4.69) is 44.4 Å². The molecule has 1 aromatic rings. The summed E-state index contributed by atoms with van der Waals surface area (Å²) in [6, 6.07) is 0. The Bertz CT molecular complexity index is 249. The van der Waals surface area contributed by atoms with E-state index in [1.165, 1.54) is 0 Å². The molecule has 0 saturated heterocycles. The maximum Gasteiger partial charge on any atom is 0.225 e. The van der Waals surface area contributed by atoms with Gasteiger partial charge in [-0.3, -0.25) is 0 Å². The Morgan fingerprint density at radius 3 is 2.54 bits per heavy atom. The third-order valence-corrected chi connectivity index (χ3v) is 2.23. The Hall–Kier alpha value is -0.430. The van der Waals surface area contributed by atoms with E-state index < -0.39 is 0 Å². The number of likely N-dealkylation sites (N-methyl/N-ethyl adjacent to an activating group) is 1. The lowest BCUT2D eigenvalue weighted by atomic mass is 10.5. The molecule has 1 rings (SSSR count). The lowest BCUT2D eigenvalue weighted by Crippen LogP contribution is -2.30. The summed E-state index contributed by atoms with van der Waals surface area (Å²) in [6.07, 6.45) is 3.62. The molecule has 0 bridgehead atoms. The normalized spacial score (nSPS) is 10.1. The number of hydrogen-bond donors (Lipinski definition) is 1. The molecule has 0 radical (unpaired) electrons. The molecule has 0 atom stereocenters. The average Bonchev–Trinajstić information content (AvgIpc) is 2.16. The monoisotopic (exact) mass is 292 g/mol. The Morgan fingerprint density at radius 1 is 1.46 bits per heavy atom. The molecule has 0 fully saturated rings. The standard InChI is InChI=1S/C8H13IN4/c1-2-13(4-3-10)8-11-5-7(9)6-12-8/h5-6H,2-4,10H2,1H3. The van der Waals surface area contributed by atoms with Crippen LogP contribution in [0.2, 0.25) is 0 Å². The van der Waals surface area contributed by atoms with Crippen LogP contribution < -0.4 is 10.6 Å². The van der Waals surface area contributed by atoms with E-state index in [1.807, 2.05) is 12.4 Å². The summed E-state index contributed by atoms with van der Waals surface area (Å²) in [5, 5.41) is 0. The average molecular weight is 292 g/mol. The van der Waals surface area contributed by atoms with Gasteiger partial charge in [0.2, 0.25) is 5.95 Å². The van der Waals surface area contributed by atoms with Crippen LogP contribution in [-0.4, -0.2) is 29.6 Å². The van der Waals surface area contributed by atoms with Crippen LogP contribution in [0.1, 0.15) is 6.92 Å². The molecule has 1 aromatic heterocycles. The van der Waals surface area contributed by atoms with E-state index in [1.54, 1.807) is 0 Å². The number of halogens is 1. The van der Waals surface area contributed by atoms with Gasteiger partial charge in [-0.25, -0.2) is 9.97 Å². The zero-order chi connectivity index (χ0) is 9.68. The molecule has 0 aliphatic carbocycles. The number of nitrogens with zero attached hydrogens (tertiary/aromatic N) is 3. The van der Waals surface area contributed by atoms with E-state index in [0.717, 1.165) is 22.6 Å². The number of rotatable bonds is 4. The van der Waals surface area contributed by atoms with Crippen LogP contribution in [0, 0.1) is 3.57 Å². The predicted octanol–water partition coefficient (Wildman–Crippen LogP) is 0.866. The van der Waals surface area contributed by atoms with Crippen LogP contribution in [0.25, 0.3) is 0 Å². The maximum atomic E-state index is 5.47. The predicted molar refractivity (Wildman–Crippen MR) is 61.7 cm³/mol. The molecule has 0 aliphatic rings. The van der Waals surface area contributed by atoms with Gasteiger partial charge in [0.1, 0.15) is 0 Å². The van der Waals surface area contributed by atoms with E-state index in [4.69, 9.17) is 5.73 Å². The van der Waals surface area contributed by atoms with Gasteiger partial charge in [-0.1, -0.05) is 0 Å². The van der Waals surface area contributed by atoms with Gasteiger partial charge in [-0.2, -0.15) is 0 Å². The zero-order valence-electron chi connectivity index (χ0n) is 7.57. The van der Waals surface area contributed by atoms with Crippen molar-refractivity contribution in [3.8, 4) is 0 Å². The smallest absolute Gasteiger partial charge is 0.225 e. The number of anilines is 1. The van der Waals surface area contributed by atoms with Crippen molar-refractivity contribution in [1.29, 1.82) is 0 Å². The minimum Gasteiger partial charge on any atom is -0.340 e. The summed E-state index contributed by atoms with van der Waals surface area (Å²) in [5.74, 6) is 0.758. The van der Waals surface area contributed by atoms with E-state index in [-0.39, 0.29) is 0 Å². The highest BCUT2D eigenvalue weighted by Gasteiger charge is 2.04. The first kappa shape index (κ1) is 10.6. The SMILES string of the molecule is CCN(CCN)c1ncc(I)cn1. The number of hydrogen-bond acceptors (Lipinski definition) is 4. The summed E-state index contributed by atoms with van der Waals surface area (Å²) in [7, 11) is 0. The molecular weight excluding hydrogens is 279 g/mol. The summed E-state index contributed by atoms with van der Waals surface area (Å²) in [4.78, 5) is 10.5. The van der Waals surface area contributed by atoms with E-state index >= 15 is 0 Å². The van der Waals surface area contributed by atoms with Crippen LogP contribution in [0.3, 0.4) is 0 Å². The summed E-state index contributed by atoms with van der Waals surface area (Å²) < 4.78 is 1.05. The van der Waals surface area contributed by atoms with Crippen molar-refractivity contribution in [3.63, 3.8) is 0 Å². The fourth-order valence-corrected chi connectivity index (χ4v) is 1.30. The Kier molecular flexibility index (Phi) is 4.37. The molecule has 0 saturated carbocycles. The summed E-state index contributed by atoms with van der Waals surface area (Å²) in [6.45, 7) is 4.38. The number of aromatic nitrogens is 2. The molecule has 0 aromatic carbocycles. The van der Waals surface area contributed by atoms with E-state index in [9.17, 15) is 0 Å². The van der Waals surface area contributed by atoms with Crippen LogP contribution in [0.5, 0.6) is 0 Å². The van der Waals surface area contributed by atoms with Crippen molar-refractivity contribution in [3.05, 3.63) is 16.0 Å². The number of nitrogens with two attached hydrogens (primary N) is 1. The van der Waals surface area contributed by atoms with Gasteiger partial charge in [0.25, 0.3) is 0 Å². The van der Waals surface area contributed by atoms with Gasteiger partial charge < -0.3 is 10.6 Å². The first-order valence-corrected chi connectivity index (χ1v) is 5.28. The van der Waals surface area contributed by atoms with Crippen LogP contribution in [0.4, 0.5) is 5.95 Å². The molecule has 1 heterocycles. The van der Waals surface area contributed by atoms with Crippen molar-refractivity contribution in [1.82, 2.24) is 9.97 Å². The second-order valence-electron chi connectivity index (χ2n) is 2.57. The highest BCUT2D eigenvalue weighted by molar-refractivity contribution is 14.1. The molecule has 0 aliphatic heterocycles. The van der Waals surface area contributed by atoms with Gasteiger partial charge in [-0.05, 0) is 29.5 Å². The van der Waals surface area contributed by atoms with Crippen molar-refractivity contribution in [2.24, 2.45) is 5.73 Å². The van der Waals surface area contributed by atoms with Gasteiger partial charge in [0.05, 0.1) is 0 Å². The minimum atomic E-state index is 0.628. The van der Waals surface area contributed by atoms with Crippen LogP contribution in [0.15, 0.2) is 12.4 Å². The van der Waals surface area contributed by atoms with Crippen molar-refractivity contribution in [2.45, 2.75) is 6.92 Å². The molecule has 0 amide bonds. The molecule has 13 heavy (non-hydrogen) atoms. The van der Waals surface area contributed by atoms with Crippen LogP contribution >= 0.6 is 22.6 Å². The third kappa shape index (κ3) is 3.07. The molecular formula is C8H13IN4. The van der Waals surface area contributed by atoms with E-state index in [0.29, 0.717) is 6.54 Å². The topological polar surface area (TPSA) is 55.0 Å². The Morgan fingerprint density at radius 2 is 2.08 bits per heavy atom. The molecule has 72 valence electrons. The summed E-state index contributed by atoms with van der Waals surface area (Å²) in [5.41, 5.74) is 5.47. The molecule has 0 unspecified atom stereocenters. The summed E-state index contributed by atoms with van der Waals surface area (Å²) >= 11 is 2.19. The second-order valence-corrected chi connectivity index (χ2v) is 3.82. The quantitative estimate of drug-likeness (QED) is 0.837. The Labute approximate surface area is 91.7 Å². The third-order valence-electron chi connectivity index (χ3n) is 1.67. The lowest BCUT2D eigenvalue weighted by molar-refractivity contribution is 0.782. The van der Waals surface area contributed by atoms with Crippen molar-refractivity contribution >= 4 is 28.5 Å². The van der Waals surface area contributed by atoms with Gasteiger partial charge in [0, 0.05) is 35.6 Å². The first-order chi connectivity index (χ1) is 6.27. The first-order valence-electron chi connectivity index (χ1n) is 4.20. The highest BCUT2D eigenvalue weighted by Crippen LogP contribution is 2.07. The van der Waals surface area contributed by atoms with Crippen molar-refractivity contribution in [2.75, 3.05) is 24.5 Å². The molecule has 2 N–H and O–H groups in total. The minimum absolute atomic E-state index is 0.628. The van der Waals surface area contributed by atoms with Gasteiger partial charge in [-0.15, -0.1) is 0 Å². The Balaban J connectivity index is 2.73. The highest BCUT2D eigenvalue weighted by atomic mass is 127. The lowest BCUT2D eigenvalue weighted by Gasteiger charge is -2.19. The van der Waals surface area contributed by atoms with Gasteiger partial charge >= 0.3 is 0 Å². The van der Waals surface area contributed by atoms with Crippen LogP contribution in [-0.2, 0) is 0 Å². The fraction of sp³-hybridized carbons (Fsp3) is 0.500. The van der Waals surface area contributed by atoms with Crippen molar-refractivity contribution < 1.29 is 0 Å². The largest absolute Gasteiger partial charge is 0.340 e.